The van der Waals surface area contributed by atoms with Crippen LogP contribution >= 0.6 is 23.4 Å². The third-order valence-electron chi connectivity index (χ3n) is 4.69. The maximum Gasteiger partial charge on any atom is 0.437 e. The maximum atomic E-state index is 13.8. The Bertz CT molecular complexity index is 922. The topological polar surface area (TPSA) is 78.4 Å². The molecule has 1 fully saturated rings. The van der Waals surface area contributed by atoms with Crippen molar-refractivity contribution in [2.45, 2.75) is 22.8 Å². The number of aliphatic hydroxyl groups is 1. The standard InChI is InChI=1S/C19H16ClF3N2O3S/c1-29-13-8-4-10(5-9-13)15-14(16(26)11-2-6-12(20)7-3-11)18(28,19(21,22)23)25-17(27)24-15/h2-9,14-15,28H,1H3,(H2,24,25,27). The number of amides is 2. The highest BCUT2D eigenvalue weighted by Gasteiger charge is 2.66. The van der Waals surface area contributed by atoms with Gasteiger partial charge in [-0.1, -0.05) is 23.7 Å². The first-order chi connectivity index (χ1) is 13.6. The zero-order valence-electron chi connectivity index (χ0n) is 15.0. The number of hydrogen-bond acceptors (Lipinski definition) is 4. The minimum atomic E-state index is -5.30. The van der Waals surface area contributed by atoms with E-state index in [9.17, 15) is 27.9 Å². The lowest BCUT2D eigenvalue weighted by Gasteiger charge is -2.45. The predicted octanol–water partition coefficient (Wildman–Crippen LogP) is 4.17. The molecular formula is C19H16ClF3N2O3S. The Labute approximate surface area is 173 Å². The van der Waals surface area contributed by atoms with Crippen molar-refractivity contribution in [3.63, 3.8) is 0 Å². The Morgan fingerprint density at radius 2 is 1.72 bits per heavy atom. The number of nitrogens with one attached hydrogen (secondary N) is 2. The van der Waals surface area contributed by atoms with Gasteiger partial charge in [-0.15, -0.1) is 11.8 Å². The number of rotatable bonds is 4. The first kappa shape index (κ1) is 21.5. The molecule has 3 atom stereocenters. The number of urea groups is 1. The second-order valence-electron chi connectivity index (χ2n) is 6.46. The average Bonchev–Trinajstić information content (AvgIpc) is 2.67. The van der Waals surface area contributed by atoms with Crippen molar-refractivity contribution >= 4 is 35.2 Å². The number of benzene rings is 2. The van der Waals surface area contributed by atoms with E-state index in [-0.39, 0.29) is 11.1 Å². The summed E-state index contributed by atoms with van der Waals surface area (Å²) in [6.45, 7) is 0. The molecule has 3 rings (SSSR count). The molecule has 2 amide bonds. The highest BCUT2D eigenvalue weighted by atomic mass is 35.5. The van der Waals surface area contributed by atoms with E-state index in [1.807, 2.05) is 6.26 Å². The number of halogens is 4. The number of carbonyl (C=O) groups excluding carboxylic acids is 2. The number of Topliss-reactive ketones (excluding diaryl/α,β-unsaturated/α-hetero) is 1. The second-order valence-corrected chi connectivity index (χ2v) is 7.78. The number of carbonyl (C=O) groups is 2. The molecular weight excluding hydrogens is 429 g/mol. The molecule has 1 saturated heterocycles. The fourth-order valence-electron chi connectivity index (χ4n) is 3.22. The van der Waals surface area contributed by atoms with Crippen LogP contribution in [-0.4, -0.2) is 35.1 Å². The summed E-state index contributed by atoms with van der Waals surface area (Å²) in [5, 5.41) is 14.6. The monoisotopic (exact) mass is 444 g/mol. The predicted molar refractivity (Wildman–Crippen MR) is 103 cm³/mol. The van der Waals surface area contributed by atoms with Gasteiger partial charge in [-0.25, -0.2) is 4.79 Å². The first-order valence-corrected chi connectivity index (χ1v) is 9.98. The van der Waals surface area contributed by atoms with E-state index in [0.717, 1.165) is 4.90 Å². The van der Waals surface area contributed by atoms with Gasteiger partial charge in [0.25, 0.3) is 0 Å². The Morgan fingerprint density at radius 3 is 2.24 bits per heavy atom. The molecule has 0 spiro atoms. The van der Waals surface area contributed by atoms with E-state index in [1.165, 1.54) is 53.5 Å². The molecule has 0 saturated carbocycles. The number of thioether (sulfide) groups is 1. The van der Waals surface area contributed by atoms with Crippen molar-refractivity contribution in [1.29, 1.82) is 0 Å². The molecule has 0 aromatic heterocycles. The summed E-state index contributed by atoms with van der Waals surface area (Å²) in [6.07, 6.45) is -3.47. The molecule has 0 radical (unpaired) electrons. The SMILES string of the molecule is CSc1ccc(C2NC(=O)NC(O)(C(F)(F)F)C2C(=O)c2ccc(Cl)cc2)cc1. The summed E-state index contributed by atoms with van der Waals surface area (Å²) in [4.78, 5) is 25.9. The molecule has 10 heteroatoms. The molecule has 29 heavy (non-hydrogen) atoms. The molecule has 154 valence electrons. The molecule has 3 unspecified atom stereocenters. The van der Waals surface area contributed by atoms with E-state index in [4.69, 9.17) is 11.6 Å². The molecule has 2 aromatic rings. The Morgan fingerprint density at radius 1 is 1.14 bits per heavy atom. The lowest BCUT2D eigenvalue weighted by Crippen LogP contribution is -2.72. The zero-order chi connectivity index (χ0) is 21.4. The molecule has 3 N–H and O–H groups in total. The zero-order valence-corrected chi connectivity index (χ0v) is 16.5. The van der Waals surface area contributed by atoms with Crippen LogP contribution in [0.4, 0.5) is 18.0 Å². The summed E-state index contributed by atoms with van der Waals surface area (Å²) in [7, 11) is 0. The van der Waals surface area contributed by atoms with Gasteiger partial charge in [0, 0.05) is 15.5 Å². The summed E-state index contributed by atoms with van der Waals surface area (Å²) < 4.78 is 41.5. The molecule has 1 heterocycles. The highest BCUT2D eigenvalue weighted by molar-refractivity contribution is 7.98. The third kappa shape index (κ3) is 4.08. The molecule has 2 aromatic carbocycles. The van der Waals surface area contributed by atoms with Crippen LogP contribution in [0.15, 0.2) is 53.4 Å². The third-order valence-corrected chi connectivity index (χ3v) is 5.69. The van der Waals surface area contributed by atoms with Gasteiger partial charge in [-0.05, 0) is 48.2 Å². The van der Waals surface area contributed by atoms with Gasteiger partial charge in [0.2, 0.25) is 5.72 Å². The van der Waals surface area contributed by atoms with Crippen molar-refractivity contribution in [2.24, 2.45) is 5.92 Å². The van der Waals surface area contributed by atoms with E-state index in [2.05, 4.69) is 5.32 Å². The second kappa shape index (κ2) is 7.89. The van der Waals surface area contributed by atoms with Crippen molar-refractivity contribution in [1.82, 2.24) is 10.6 Å². The fourth-order valence-corrected chi connectivity index (χ4v) is 3.76. The van der Waals surface area contributed by atoms with Crippen molar-refractivity contribution < 1.29 is 27.9 Å². The van der Waals surface area contributed by atoms with Gasteiger partial charge in [-0.2, -0.15) is 13.2 Å². The van der Waals surface area contributed by atoms with Crippen molar-refractivity contribution in [2.75, 3.05) is 6.26 Å². The fraction of sp³-hybridized carbons (Fsp3) is 0.263. The Kier molecular flexibility index (Phi) is 5.84. The van der Waals surface area contributed by atoms with Crippen molar-refractivity contribution in [3.05, 3.63) is 64.7 Å². The largest absolute Gasteiger partial charge is 0.437 e. The summed E-state index contributed by atoms with van der Waals surface area (Å²) in [6, 6.07) is 8.96. The number of hydrogen-bond donors (Lipinski definition) is 3. The highest BCUT2D eigenvalue weighted by Crippen LogP contribution is 2.44. The first-order valence-electron chi connectivity index (χ1n) is 8.38. The van der Waals surface area contributed by atoms with E-state index < -0.39 is 35.7 Å². The van der Waals surface area contributed by atoms with Gasteiger partial charge in [0.15, 0.2) is 5.78 Å². The molecule has 0 aliphatic carbocycles. The van der Waals surface area contributed by atoms with E-state index in [1.54, 1.807) is 12.1 Å². The number of ketones is 1. The number of alkyl halides is 3. The molecule has 0 bridgehead atoms. The smallest absolute Gasteiger partial charge is 0.363 e. The van der Waals surface area contributed by atoms with Crippen LogP contribution in [0, 0.1) is 5.92 Å². The van der Waals surface area contributed by atoms with Crippen LogP contribution in [0.1, 0.15) is 22.0 Å². The van der Waals surface area contributed by atoms with Gasteiger partial charge >= 0.3 is 12.2 Å². The van der Waals surface area contributed by atoms with Gasteiger partial charge in [-0.3, -0.25) is 4.79 Å². The Balaban J connectivity index is 2.13. The average molecular weight is 445 g/mol. The van der Waals surface area contributed by atoms with Gasteiger partial charge in [0.1, 0.15) is 5.92 Å². The minimum Gasteiger partial charge on any atom is -0.363 e. The summed E-state index contributed by atoms with van der Waals surface area (Å²) in [5.74, 6) is -3.06. The van der Waals surface area contributed by atoms with Gasteiger partial charge < -0.3 is 15.7 Å². The van der Waals surface area contributed by atoms with Crippen LogP contribution in [0.25, 0.3) is 0 Å². The molecule has 5 nitrogen and oxygen atoms in total. The Hall–Kier alpha value is -2.23. The summed E-state index contributed by atoms with van der Waals surface area (Å²) >= 11 is 7.22. The van der Waals surface area contributed by atoms with E-state index in [0.29, 0.717) is 5.02 Å². The molecule has 1 aliphatic rings. The van der Waals surface area contributed by atoms with Crippen LogP contribution in [0.5, 0.6) is 0 Å². The van der Waals surface area contributed by atoms with Crippen molar-refractivity contribution in [3.8, 4) is 0 Å². The minimum absolute atomic E-state index is 0.0780. The molecule has 1 aliphatic heterocycles. The van der Waals surface area contributed by atoms with Crippen LogP contribution in [0.3, 0.4) is 0 Å². The normalized spacial score (nSPS) is 24.6. The lowest BCUT2D eigenvalue weighted by molar-refractivity contribution is -0.287. The van der Waals surface area contributed by atoms with E-state index >= 15 is 0 Å². The summed E-state index contributed by atoms with van der Waals surface area (Å²) in [5.41, 5.74) is -3.58. The maximum absolute atomic E-state index is 13.8. The van der Waals surface area contributed by atoms with Gasteiger partial charge in [0.05, 0.1) is 6.04 Å². The van der Waals surface area contributed by atoms with Crippen LogP contribution in [0.2, 0.25) is 5.02 Å². The lowest BCUT2D eigenvalue weighted by atomic mass is 9.77. The van der Waals surface area contributed by atoms with Crippen LogP contribution in [-0.2, 0) is 0 Å². The van der Waals surface area contributed by atoms with Crippen LogP contribution < -0.4 is 10.6 Å². The quantitative estimate of drug-likeness (QED) is 0.488.